The van der Waals surface area contributed by atoms with Gasteiger partial charge in [0.15, 0.2) is 0 Å². The second kappa shape index (κ2) is 9.01. The molecule has 156 valence electrons. The standard InChI is InChI=1S/C23H30N2O4/c26-18-9-13-25(16-18)22-20-8-6-19(15-17(20)5-7-21(22)23(27)28)29-14-4-12-24-10-2-1-3-11-24/h5-8,15,18,26H,1-4,9-14,16H2,(H,27,28). The van der Waals surface area contributed by atoms with E-state index in [4.69, 9.17) is 4.74 Å². The summed E-state index contributed by atoms with van der Waals surface area (Å²) < 4.78 is 5.97. The molecule has 2 fully saturated rings. The van der Waals surface area contributed by atoms with Gasteiger partial charge in [-0.1, -0.05) is 12.5 Å². The monoisotopic (exact) mass is 398 g/mol. The van der Waals surface area contributed by atoms with E-state index in [0.29, 0.717) is 31.8 Å². The molecule has 0 saturated carbocycles. The lowest BCUT2D eigenvalue weighted by Crippen LogP contribution is -2.31. The molecule has 2 N–H and O–H groups in total. The summed E-state index contributed by atoms with van der Waals surface area (Å²) in [6, 6.07) is 9.35. The van der Waals surface area contributed by atoms with Crippen LogP contribution in [0, 0.1) is 0 Å². The molecule has 4 rings (SSSR count). The largest absolute Gasteiger partial charge is 0.494 e. The molecule has 0 spiro atoms. The molecule has 2 heterocycles. The van der Waals surface area contributed by atoms with Crippen LogP contribution < -0.4 is 9.64 Å². The molecule has 0 radical (unpaired) electrons. The van der Waals surface area contributed by atoms with E-state index in [1.54, 1.807) is 6.07 Å². The second-order valence-electron chi connectivity index (χ2n) is 8.14. The highest BCUT2D eigenvalue weighted by Crippen LogP contribution is 2.35. The predicted octanol–water partition coefficient (Wildman–Crippen LogP) is 3.36. The number of carboxylic acids is 1. The first kappa shape index (κ1) is 20.0. The Bertz CT molecular complexity index is 863. The topological polar surface area (TPSA) is 73.2 Å². The highest BCUT2D eigenvalue weighted by molar-refractivity contribution is 6.06. The lowest BCUT2D eigenvalue weighted by Gasteiger charge is -2.26. The zero-order valence-electron chi connectivity index (χ0n) is 16.8. The fourth-order valence-electron chi connectivity index (χ4n) is 4.50. The van der Waals surface area contributed by atoms with Gasteiger partial charge in [-0.3, -0.25) is 0 Å². The zero-order valence-corrected chi connectivity index (χ0v) is 16.8. The van der Waals surface area contributed by atoms with E-state index in [0.717, 1.165) is 29.5 Å². The number of carboxylic acid groups (broad SMARTS) is 1. The number of carbonyl (C=O) groups is 1. The molecular formula is C23H30N2O4. The van der Waals surface area contributed by atoms with Crippen LogP contribution in [0.5, 0.6) is 5.75 Å². The summed E-state index contributed by atoms with van der Waals surface area (Å²) >= 11 is 0. The van der Waals surface area contributed by atoms with Crippen molar-refractivity contribution in [2.24, 2.45) is 0 Å². The second-order valence-corrected chi connectivity index (χ2v) is 8.14. The number of β-amino-alcohol motifs (C(OH)–C–C–N with tert-alkyl or cyclic N) is 1. The lowest BCUT2D eigenvalue weighted by molar-refractivity contribution is 0.0697. The van der Waals surface area contributed by atoms with Crippen molar-refractivity contribution >= 4 is 22.4 Å². The van der Waals surface area contributed by atoms with Crippen molar-refractivity contribution in [3.63, 3.8) is 0 Å². The summed E-state index contributed by atoms with van der Waals surface area (Å²) in [6.45, 7) is 5.30. The van der Waals surface area contributed by atoms with Crippen molar-refractivity contribution in [3.8, 4) is 5.75 Å². The average Bonchev–Trinajstić information content (AvgIpc) is 3.16. The molecule has 2 aromatic carbocycles. The van der Waals surface area contributed by atoms with E-state index in [1.807, 2.05) is 29.2 Å². The molecule has 6 nitrogen and oxygen atoms in total. The fourth-order valence-corrected chi connectivity index (χ4v) is 4.50. The Balaban J connectivity index is 1.47. The molecule has 2 saturated heterocycles. The molecular weight excluding hydrogens is 368 g/mol. The minimum absolute atomic E-state index is 0.279. The van der Waals surface area contributed by atoms with Crippen LogP contribution in [0.4, 0.5) is 5.69 Å². The lowest BCUT2D eigenvalue weighted by atomic mass is 10.0. The summed E-state index contributed by atoms with van der Waals surface area (Å²) in [7, 11) is 0. The molecule has 2 aliphatic heterocycles. The normalized spacial score (nSPS) is 20.3. The molecule has 0 amide bonds. The van der Waals surface area contributed by atoms with Crippen LogP contribution >= 0.6 is 0 Å². The molecule has 1 atom stereocenters. The van der Waals surface area contributed by atoms with Crippen LogP contribution in [0.25, 0.3) is 10.8 Å². The van der Waals surface area contributed by atoms with Crippen molar-refractivity contribution in [2.75, 3.05) is 44.2 Å². The zero-order chi connectivity index (χ0) is 20.2. The Hall–Kier alpha value is -2.31. The number of aromatic carboxylic acids is 1. The van der Waals surface area contributed by atoms with Crippen molar-refractivity contribution in [1.82, 2.24) is 4.90 Å². The van der Waals surface area contributed by atoms with E-state index >= 15 is 0 Å². The maximum atomic E-state index is 11.8. The van der Waals surface area contributed by atoms with Crippen LogP contribution in [-0.4, -0.2) is 66.5 Å². The number of nitrogens with zero attached hydrogens (tertiary/aromatic N) is 2. The summed E-state index contributed by atoms with van der Waals surface area (Å²) in [6.07, 6.45) is 5.22. The molecule has 6 heteroatoms. The minimum Gasteiger partial charge on any atom is -0.494 e. The van der Waals surface area contributed by atoms with Gasteiger partial charge in [0, 0.05) is 25.0 Å². The van der Waals surface area contributed by atoms with Crippen LogP contribution in [-0.2, 0) is 0 Å². The Morgan fingerprint density at radius 3 is 2.66 bits per heavy atom. The van der Waals surface area contributed by atoms with Crippen molar-refractivity contribution < 1.29 is 19.7 Å². The first-order valence-electron chi connectivity index (χ1n) is 10.7. The molecule has 29 heavy (non-hydrogen) atoms. The van der Waals surface area contributed by atoms with E-state index in [2.05, 4.69) is 4.90 Å². The first-order valence-corrected chi connectivity index (χ1v) is 10.7. The van der Waals surface area contributed by atoms with Gasteiger partial charge in [-0.15, -0.1) is 0 Å². The molecule has 0 aliphatic carbocycles. The smallest absolute Gasteiger partial charge is 0.337 e. The molecule has 1 unspecified atom stereocenters. The van der Waals surface area contributed by atoms with E-state index < -0.39 is 12.1 Å². The van der Waals surface area contributed by atoms with Crippen molar-refractivity contribution in [1.29, 1.82) is 0 Å². The third-order valence-corrected chi connectivity index (χ3v) is 6.01. The third kappa shape index (κ3) is 4.65. The quantitative estimate of drug-likeness (QED) is 0.697. The van der Waals surface area contributed by atoms with E-state index in [-0.39, 0.29) is 5.56 Å². The molecule has 2 aliphatic rings. The van der Waals surface area contributed by atoms with Gasteiger partial charge in [0.1, 0.15) is 5.75 Å². The van der Waals surface area contributed by atoms with E-state index in [1.165, 1.54) is 32.4 Å². The van der Waals surface area contributed by atoms with Gasteiger partial charge < -0.3 is 24.7 Å². The number of benzene rings is 2. The summed E-state index contributed by atoms with van der Waals surface area (Å²) in [5, 5.41) is 21.4. The number of aliphatic hydroxyl groups excluding tert-OH is 1. The van der Waals surface area contributed by atoms with E-state index in [9.17, 15) is 15.0 Å². The summed E-state index contributed by atoms with van der Waals surface area (Å²) in [4.78, 5) is 16.3. The number of ether oxygens (including phenoxy) is 1. The fraction of sp³-hybridized carbons (Fsp3) is 0.522. The maximum Gasteiger partial charge on any atom is 0.337 e. The summed E-state index contributed by atoms with van der Waals surface area (Å²) in [5.41, 5.74) is 0.977. The maximum absolute atomic E-state index is 11.8. The van der Waals surface area contributed by atoms with Gasteiger partial charge in [-0.25, -0.2) is 4.79 Å². The Morgan fingerprint density at radius 1 is 1.10 bits per heavy atom. The molecule has 0 aromatic heterocycles. The van der Waals surface area contributed by atoms with Gasteiger partial charge in [0.25, 0.3) is 0 Å². The van der Waals surface area contributed by atoms with Crippen LogP contribution in [0.15, 0.2) is 30.3 Å². The third-order valence-electron chi connectivity index (χ3n) is 6.01. The number of fused-ring (bicyclic) bond motifs is 1. The number of hydrogen-bond acceptors (Lipinski definition) is 5. The number of anilines is 1. The number of piperidine rings is 1. The Labute approximate surface area is 171 Å². The number of hydrogen-bond donors (Lipinski definition) is 2. The van der Waals surface area contributed by atoms with Gasteiger partial charge in [-0.05, 0) is 68.4 Å². The number of aliphatic hydroxyl groups is 1. The molecule has 0 bridgehead atoms. The predicted molar refractivity (Wildman–Crippen MR) is 114 cm³/mol. The minimum atomic E-state index is -0.943. The molecule has 2 aromatic rings. The van der Waals surface area contributed by atoms with Crippen LogP contribution in [0.3, 0.4) is 0 Å². The van der Waals surface area contributed by atoms with Gasteiger partial charge in [-0.2, -0.15) is 0 Å². The van der Waals surface area contributed by atoms with Crippen LogP contribution in [0.1, 0.15) is 42.5 Å². The van der Waals surface area contributed by atoms with Gasteiger partial charge in [0.2, 0.25) is 0 Å². The highest BCUT2D eigenvalue weighted by Gasteiger charge is 2.26. The van der Waals surface area contributed by atoms with Crippen molar-refractivity contribution in [3.05, 3.63) is 35.9 Å². The van der Waals surface area contributed by atoms with Crippen molar-refractivity contribution in [2.45, 2.75) is 38.2 Å². The van der Waals surface area contributed by atoms with Crippen LogP contribution in [0.2, 0.25) is 0 Å². The Kier molecular flexibility index (Phi) is 6.21. The average molecular weight is 399 g/mol. The SMILES string of the molecule is O=C(O)c1ccc2cc(OCCCN3CCCCC3)ccc2c1N1CCC(O)C1. The van der Waals surface area contributed by atoms with Gasteiger partial charge in [0.05, 0.1) is 24.0 Å². The highest BCUT2D eigenvalue weighted by atomic mass is 16.5. The number of likely N-dealkylation sites (tertiary alicyclic amines) is 1. The van der Waals surface area contributed by atoms with Gasteiger partial charge >= 0.3 is 5.97 Å². The summed E-state index contributed by atoms with van der Waals surface area (Å²) in [5.74, 6) is -0.132. The first-order chi connectivity index (χ1) is 14.1. The Morgan fingerprint density at radius 2 is 1.93 bits per heavy atom. The number of rotatable bonds is 7.